The van der Waals surface area contributed by atoms with Crippen LogP contribution in [0.1, 0.15) is 25.0 Å². The number of hydrogen-bond donors (Lipinski definition) is 0. The van der Waals surface area contributed by atoms with E-state index < -0.39 is 8.07 Å². The molecule has 0 aliphatic heterocycles. The number of rotatable bonds is 7. The molecule has 1 aromatic heterocycles. The van der Waals surface area contributed by atoms with E-state index in [2.05, 4.69) is 185 Å². The molecule has 0 radical (unpaired) electrons. The lowest BCUT2D eigenvalue weighted by molar-refractivity contribution is 0.660. The maximum atomic E-state index is 5.09. The number of fused-ring (bicyclic) bond motifs is 3. The molecule has 1 heterocycles. The van der Waals surface area contributed by atoms with Crippen molar-refractivity contribution in [2.24, 2.45) is 0 Å². The van der Waals surface area contributed by atoms with Crippen molar-refractivity contribution in [2.45, 2.75) is 38.9 Å². The molecule has 0 unspecified atom stereocenters. The fourth-order valence-corrected chi connectivity index (χ4v) is 9.13. The molecular weight excluding hydrogens is 683 g/mol. The fourth-order valence-electron chi connectivity index (χ4n) is 7.94. The van der Waals surface area contributed by atoms with Gasteiger partial charge in [-0.05, 0) is 73.8 Å². The molecule has 0 bridgehead atoms. The molecule has 3 nitrogen and oxygen atoms in total. The summed E-state index contributed by atoms with van der Waals surface area (Å²) < 4.78 is 0. The van der Waals surface area contributed by atoms with E-state index in [1.165, 1.54) is 49.7 Å². The minimum atomic E-state index is -1.43. The lowest BCUT2D eigenvalue weighted by Crippen LogP contribution is -2.37. The van der Waals surface area contributed by atoms with Gasteiger partial charge in [-0.2, -0.15) is 0 Å². The Morgan fingerprint density at radius 1 is 0.345 bits per heavy atom. The predicted octanol–water partition coefficient (Wildman–Crippen LogP) is 12.7. The van der Waals surface area contributed by atoms with Crippen LogP contribution < -0.4 is 5.19 Å². The van der Waals surface area contributed by atoms with Gasteiger partial charge in [0.05, 0.1) is 8.07 Å². The molecule has 0 atom stereocenters. The molecule has 0 amide bonds. The van der Waals surface area contributed by atoms with Gasteiger partial charge in [0.2, 0.25) is 0 Å². The van der Waals surface area contributed by atoms with E-state index in [0.29, 0.717) is 17.5 Å². The molecule has 1 aliphatic carbocycles. The van der Waals surface area contributed by atoms with Gasteiger partial charge in [-0.3, -0.25) is 0 Å². The first-order valence-electron chi connectivity index (χ1n) is 19.1. The largest absolute Gasteiger partial charge is 0.208 e. The third kappa shape index (κ3) is 6.53. The van der Waals surface area contributed by atoms with Crippen LogP contribution in [0.2, 0.25) is 19.6 Å². The van der Waals surface area contributed by atoms with Crippen molar-refractivity contribution in [3.05, 3.63) is 181 Å². The first-order chi connectivity index (χ1) is 26.6. The SMILES string of the molecule is CC1(C)c2ccccc2-c2cc(-c3cccc(-c4cccc(-c5nc(-c6ccccc6)nc(-c6ccc(-c7cccc([Si](C)(C)C)c7)cc6)n5)c4)c3)ccc21. The van der Waals surface area contributed by atoms with Gasteiger partial charge in [-0.15, -0.1) is 0 Å². The summed E-state index contributed by atoms with van der Waals surface area (Å²) in [5, 5.41) is 1.45. The van der Waals surface area contributed by atoms with Gasteiger partial charge in [-0.25, -0.2) is 15.0 Å². The van der Waals surface area contributed by atoms with E-state index in [0.717, 1.165) is 27.8 Å². The van der Waals surface area contributed by atoms with E-state index in [1.54, 1.807) is 0 Å². The first-order valence-corrected chi connectivity index (χ1v) is 22.6. The Morgan fingerprint density at radius 2 is 0.782 bits per heavy atom. The van der Waals surface area contributed by atoms with Crippen LogP contribution in [-0.4, -0.2) is 23.0 Å². The lowest BCUT2D eigenvalue weighted by Gasteiger charge is -2.21. The van der Waals surface area contributed by atoms with Crippen molar-refractivity contribution < 1.29 is 0 Å². The van der Waals surface area contributed by atoms with Crippen LogP contribution in [0.5, 0.6) is 0 Å². The highest BCUT2D eigenvalue weighted by molar-refractivity contribution is 6.88. The van der Waals surface area contributed by atoms with Crippen molar-refractivity contribution >= 4 is 13.3 Å². The van der Waals surface area contributed by atoms with E-state index in [9.17, 15) is 0 Å². The van der Waals surface area contributed by atoms with Crippen LogP contribution in [0.15, 0.2) is 170 Å². The zero-order chi connectivity index (χ0) is 37.7. The monoisotopic (exact) mass is 725 g/mol. The van der Waals surface area contributed by atoms with Gasteiger partial charge < -0.3 is 0 Å². The molecule has 1 aliphatic rings. The third-order valence-corrected chi connectivity index (χ3v) is 13.1. The van der Waals surface area contributed by atoms with E-state index >= 15 is 0 Å². The van der Waals surface area contributed by atoms with Crippen molar-refractivity contribution in [1.82, 2.24) is 15.0 Å². The highest BCUT2D eigenvalue weighted by atomic mass is 28.3. The Bertz CT molecular complexity index is 2710. The van der Waals surface area contributed by atoms with E-state index in [4.69, 9.17) is 15.0 Å². The van der Waals surface area contributed by atoms with Gasteiger partial charge in [0.15, 0.2) is 17.5 Å². The summed E-state index contributed by atoms with van der Waals surface area (Å²) in [6, 6.07) is 61.0. The highest BCUT2D eigenvalue weighted by Crippen LogP contribution is 2.49. The second-order valence-corrected chi connectivity index (χ2v) is 21.3. The average molecular weight is 726 g/mol. The number of nitrogens with zero attached hydrogens (tertiary/aromatic N) is 3. The smallest absolute Gasteiger partial charge is 0.164 e. The Kier molecular flexibility index (Phi) is 8.51. The summed E-state index contributed by atoms with van der Waals surface area (Å²) in [5.41, 5.74) is 15.4. The zero-order valence-corrected chi connectivity index (χ0v) is 33.0. The third-order valence-electron chi connectivity index (χ3n) is 11.1. The van der Waals surface area contributed by atoms with Crippen LogP contribution in [0.3, 0.4) is 0 Å². The average Bonchev–Trinajstić information content (AvgIpc) is 3.46. The Balaban J connectivity index is 1.07. The summed E-state index contributed by atoms with van der Waals surface area (Å²) >= 11 is 0. The topological polar surface area (TPSA) is 38.7 Å². The van der Waals surface area contributed by atoms with Crippen molar-refractivity contribution in [1.29, 1.82) is 0 Å². The maximum absolute atomic E-state index is 5.09. The van der Waals surface area contributed by atoms with E-state index in [1.807, 2.05) is 18.2 Å². The molecule has 4 heteroatoms. The normalized spacial score (nSPS) is 13.0. The molecule has 55 heavy (non-hydrogen) atoms. The highest BCUT2D eigenvalue weighted by Gasteiger charge is 2.35. The van der Waals surface area contributed by atoms with Gasteiger partial charge in [0, 0.05) is 22.1 Å². The molecular formula is C51H43N3Si. The lowest BCUT2D eigenvalue weighted by atomic mass is 9.82. The predicted molar refractivity (Wildman–Crippen MR) is 233 cm³/mol. The second kappa shape index (κ2) is 13.6. The standard InChI is InChI=1S/C51H43N3Si/c1-51(2)46-23-10-9-22-44(46)45-33-41(28-29-47(45)51)38-17-11-16-37(30-38)39-18-12-20-42(31-39)50-53-48(35-14-7-6-8-15-35)52-49(54-50)36-26-24-34(25-27-36)40-19-13-21-43(32-40)55(3,4)5/h6-33H,1-5H3. The van der Waals surface area contributed by atoms with Crippen molar-refractivity contribution in [3.63, 3.8) is 0 Å². The van der Waals surface area contributed by atoms with Crippen LogP contribution in [0.4, 0.5) is 0 Å². The second-order valence-electron chi connectivity index (χ2n) is 16.2. The molecule has 0 N–H and O–H groups in total. The molecule has 0 saturated heterocycles. The maximum Gasteiger partial charge on any atom is 0.164 e. The molecule has 0 fully saturated rings. The molecule has 266 valence electrons. The summed E-state index contributed by atoms with van der Waals surface area (Å²) in [6.45, 7) is 11.8. The molecule has 0 saturated carbocycles. The Hall–Kier alpha value is -6.23. The molecule has 7 aromatic carbocycles. The molecule has 9 rings (SSSR count). The minimum Gasteiger partial charge on any atom is -0.208 e. The number of benzene rings is 7. The van der Waals surface area contributed by atoms with Crippen LogP contribution in [0, 0.1) is 0 Å². The van der Waals surface area contributed by atoms with Crippen LogP contribution in [0.25, 0.3) is 78.7 Å². The summed E-state index contributed by atoms with van der Waals surface area (Å²) in [7, 11) is -1.43. The number of aromatic nitrogens is 3. The van der Waals surface area contributed by atoms with Crippen LogP contribution >= 0.6 is 0 Å². The van der Waals surface area contributed by atoms with Crippen LogP contribution in [-0.2, 0) is 5.41 Å². The first kappa shape index (κ1) is 34.5. The zero-order valence-electron chi connectivity index (χ0n) is 32.0. The molecule has 0 spiro atoms. The fraction of sp³-hybridized carbons (Fsp3) is 0.118. The van der Waals surface area contributed by atoms with Gasteiger partial charge >= 0.3 is 0 Å². The molecule has 8 aromatic rings. The van der Waals surface area contributed by atoms with E-state index in [-0.39, 0.29) is 5.41 Å². The van der Waals surface area contributed by atoms with Gasteiger partial charge in [0.1, 0.15) is 0 Å². The Morgan fingerprint density at radius 3 is 1.44 bits per heavy atom. The summed E-state index contributed by atoms with van der Waals surface area (Å²) in [6.07, 6.45) is 0. The quantitative estimate of drug-likeness (QED) is 0.154. The minimum absolute atomic E-state index is 0.00867. The summed E-state index contributed by atoms with van der Waals surface area (Å²) in [5.74, 6) is 1.95. The van der Waals surface area contributed by atoms with Gasteiger partial charge in [-0.1, -0.05) is 190 Å². The van der Waals surface area contributed by atoms with Crippen molar-refractivity contribution in [2.75, 3.05) is 0 Å². The number of hydrogen-bond acceptors (Lipinski definition) is 3. The van der Waals surface area contributed by atoms with Crippen molar-refractivity contribution in [3.8, 4) is 78.7 Å². The van der Waals surface area contributed by atoms with Gasteiger partial charge in [0.25, 0.3) is 0 Å². The Labute approximate surface area is 325 Å². The summed E-state index contributed by atoms with van der Waals surface area (Å²) in [4.78, 5) is 15.1.